The van der Waals surface area contributed by atoms with Crippen molar-refractivity contribution in [1.82, 2.24) is 0 Å². The Balaban J connectivity index is 1.74. The molecule has 3 nitrogen and oxygen atoms in total. The molecule has 0 saturated heterocycles. The second kappa shape index (κ2) is 17.3. The summed E-state index contributed by atoms with van der Waals surface area (Å²) in [7, 11) is 1.46. The molecule has 1 aromatic rings. The number of carbonyl (C=O) groups excluding carboxylic acids is 1. The molecule has 0 fully saturated rings. The van der Waals surface area contributed by atoms with Gasteiger partial charge in [0.25, 0.3) is 0 Å². The lowest BCUT2D eigenvalue weighted by Gasteiger charge is -2.06. The van der Waals surface area contributed by atoms with Crippen molar-refractivity contribution in [2.75, 3.05) is 13.7 Å². The minimum Gasteiger partial charge on any atom is -0.494 e. The van der Waals surface area contributed by atoms with Crippen molar-refractivity contribution in [1.29, 1.82) is 0 Å². The highest BCUT2D eigenvalue weighted by Crippen LogP contribution is 2.15. The van der Waals surface area contributed by atoms with Gasteiger partial charge in [0.1, 0.15) is 5.75 Å². The number of hydrogen-bond acceptors (Lipinski definition) is 3. The SMILES string of the molecule is COC(=O)CCCCCCCCCCCCCCCOc1ccc(I)cc1. The van der Waals surface area contributed by atoms with E-state index in [1.165, 1.54) is 74.9 Å². The van der Waals surface area contributed by atoms with E-state index in [0.29, 0.717) is 6.42 Å². The van der Waals surface area contributed by atoms with E-state index in [-0.39, 0.29) is 5.97 Å². The predicted molar refractivity (Wildman–Crippen MR) is 121 cm³/mol. The van der Waals surface area contributed by atoms with Crippen LogP contribution in [-0.2, 0) is 9.53 Å². The van der Waals surface area contributed by atoms with Crippen LogP contribution < -0.4 is 4.74 Å². The lowest BCUT2D eigenvalue weighted by atomic mass is 10.0. The Labute approximate surface area is 179 Å². The molecule has 0 N–H and O–H groups in total. The number of hydrogen-bond donors (Lipinski definition) is 0. The molecule has 0 aliphatic rings. The molecule has 154 valence electrons. The van der Waals surface area contributed by atoms with Crippen LogP contribution >= 0.6 is 22.6 Å². The van der Waals surface area contributed by atoms with Gasteiger partial charge in [-0.2, -0.15) is 0 Å². The van der Waals surface area contributed by atoms with Gasteiger partial charge in [-0.05, 0) is 59.7 Å². The molecule has 0 aromatic heterocycles. The summed E-state index contributed by atoms with van der Waals surface area (Å²) in [4.78, 5) is 11.0. The molecule has 0 atom stereocenters. The zero-order chi connectivity index (χ0) is 19.6. The van der Waals surface area contributed by atoms with Crippen LogP contribution in [0.5, 0.6) is 5.75 Å². The van der Waals surface area contributed by atoms with Crippen molar-refractivity contribution in [3.63, 3.8) is 0 Å². The first-order chi connectivity index (χ1) is 13.2. The predicted octanol–water partition coefficient (Wildman–Crippen LogP) is 7.30. The normalized spacial score (nSPS) is 10.7. The highest BCUT2D eigenvalue weighted by molar-refractivity contribution is 14.1. The van der Waals surface area contributed by atoms with E-state index in [1.54, 1.807) is 0 Å². The van der Waals surface area contributed by atoms with Gasteiger partial charge in [-0.1, -0.05) is 70.6 Å². The molecule has 1 aromatic carbocycles. The van der Waals surface area contributed by atoms with E-state index in [4.69, 9.17) is 4.74 Å². The molecule has 0 heterocycles. The first kappa shape index (κ1) is 24.3. The monoisotopic (exact) mass is 488 g/mol. The number of benzene rings is 1. The standard InChI is InChI=1S/C23H37IO3/c1-26-23(25)15-13-11-9-7-5-3-2-4-6-8-10-12-14-20-27-22-18-16-21(24)17-19-22/h16-19H,2-15,20H2,1H3. The third-order valence-electron chi connectivity index (χ3n) is 4.84. The van der Waals surface area contributed by atoms with Gasteiger partial charge >= 0.3 is 5.97 Å². The average Bonchev–Trinajstić information content (AvgIpc) is 2.68. The van der Waals surface area contributed by atoms with Gasteiger partial charge in [0.15, 0.2) is 0 Å². The molecular weight excluding hydrogens is 451 g/mol. The summed E-state index contributed by atoms with van der Waals surface area (Å²) in [5.41, 5.74) is 0. The molecule has 0 aliphatic heterocycles. The number of unbranched alkanes of at least 4 members (excludes halogenated alkanes) is 12. The smallest absolute Gasteiger partial charge is 0.305 e. The third kappa shape index (κ3) is 14.9. The van der Waals surface area contributed by atoms with Crippen molar-refractivity contribution >= 4 is 28.6 Å². The Morgan fingerprint density at radius 1 is 0.741 bits per heavy atom. The summed E-state index contributed by atoms with van der Waals surface area (Å²) < 4.78 is 11.7. The summed E-state index contributed by atoms with van der Waals surface area (Å²) >= 11 is 2.31. The molecule has 0 unspecified atom stereocenters. The lowest BCUT2D eigenvalue weighted by molar-refractivity contribution is -0.140. The largest absolute Gasteiger partial charge is 0.494 e. The fourth-order valence-electron chi connectivity index (χ4n) is 3.14. The topological polar surface area (TPSA) is 35.5 Å². The molecule has 1 rings (SSSR count). The summed E-state index contributed by atoms with van der Waals surface area (Å²) in [6.07, 6.45) is 17.2. The minimum atomic E-state index is -0.0754. The number of esters is 1. The van der Waals surface area contributed by atoms with Crippen LogP contribution in [0, 0.1) is 3.57 Å². The second-order valence-electron chi connectivity index (χ2n) is 7.22. The van der Waals surface area contributed by atoms with Gasteiger partial charge in [0.2, 0.25) is 0 Å². The van der Waals surface area contributed by atoms with Crippen molar-refractivity contribution in [3.05, 3.63) is 27.8 Å². The Hall–Kier alpha value is -0.780. The van der Waals surface area contributed by atoms with Crippen LogP contribution in [0.3, 0.4) is 0 Å². The van der Waals surface area contributed by atoms with Crippen LogP contribution in [0.1, 0.15) is 89.9 Å². The summed E-state index contributed by atoms with van der Waals surface area (Å²) in [6, 6.07) is 8.26. The molecule has 4 heteroatoms. The molecule has 27 heavy (non-hydrogen) atoms. The van der Waals surface area contributed by atoms with E-state index in [9.17, 15) is 4.79 Å². The molecule has 0 bridgehead atoms. The first-order valence-corrected chi connectivity index (χ1v) is 11.8. The highest BCUT2D eigenvalue weighted by Gasteiger charge is 1.99. The van der Waals surface area contributed by atoms with Gasteiger partial charge in [0.05, 0.1) is 13.7 Å². The Bertz CT molecular complexity index is 473. The number of carbonyl (C=O) groups is 1. The molecule has 0 spiro atoms. The second-order valence-corrected chi connectivity index (χ2v) is 8.47. The van der Waals surface area contributed by atoms with Crippen LogP contribution in [0.15, 0.2) is 24.3 Å². The van der Waals surface area contributed by atoms with Gasteiger partial charge in [-0.3, -0.25) is 4.79 Å². The maximum absolute atomic E-state index is 11.0. The molecular formula is C23H37IO3. The van der Waals surface area contributed by atoms with E-state index < -0.39 is 0 Å². The third-order valence-corrected chi connectivity index (χ3v) is 5.55. The number of methoxy groups -OCH3 is 1. The summed E-state index contributed by atoms with van der Waals surface area (Å²) in [5.74, 6) is 0.910. The molecule has 0 amide bonds. The average molecular weight is 488 g/mol. The van der Waals surface area contributed by atoms with Crippen molar-refractivity contribution in [3.8, 4) is 5.75 Å². The van der Waals surface area contributed by atoms with Crippen LogP contribution in [-0.4, -0.2) is 19.7 Å². The van der Waals surface area contributed by atoms with Gasteiger partial charge in [-0.25, -0.2) is 0 Å². The van der Waals surface area contributed by atoms with Crippen LogP contribution in [0.25, 0.3) is 0 Å². The van der Waals surface area contributed by atoms with E-state index >= 15 is 0 Å². The fraction of sp³-hybridized carbons (Fsp3) is 0.696. The quantitative estimate of drug-likeness (QED) is 0.131. The lowest BCUT2D eigenvalue weighted by Crippen LogP contribution is -1.99. The van der Waals surface area contributed by atoms with Gasteiger partial charge < -0.3 is 9.47 Å². The van der Waals surface area contributed by atoms with Crippen molar-refractivity contribution in [2.24, 2.45) is 0 Å². The van der Waals surface area contributed by atoms with Gasteiger partial charge in [-0.15, -0.1) is 0 Å². The zero-order valence-corrected chi connectivity index (χ0v) is 19.2. The van der Waals surface area contributed by atoms with Gasteiger partial charge in [0, 0.05) is 9.99 Å². The van der Waals surface area contributed by atoms with Crippen LogP contribution in [0.4, 0.5) is 0 Å². The Morgan fingerprint density at radius 2 is 1.19 bits per heavy atom. The Kier molecular flexibility index (Phi) is 15.6. The summed E-state index contributed by atoms with van der Waals surface area (Å²) in [5, 5.41) is 0. The Morgan fingerprint density at radius 3 is 1.67 bits per heavy atom. The van der Waals surface area contributed by atoms with Crippen LogP contribution in [0.2, 0.25) is 0 Å². The number of rotatable bonds is 17. The van der Waals surface area contributed by atoms with Crippen molar-refractivity contribution in [2.45, 2.75) is 89.9 Å². The number of ether oxygens (including phenoxy) is 2. The maximum atomic E-state index is 11.0. The summed E-state index contributed by atoms with van der Waals surface area (Å²) in [6.45, 7) is 0.834. The maximum Gasteiger partial charge on any atom is 0.305 e. The number of halogens is 1. The van der Waals surface area contributed by atoms with E-state index in [1.807, 2.05) is 12.1 Å². The first-order valence-electron chi connectivity index (χ1n) is 10.7. The highest BCUT2D eigenvalue weighted by atomic mass is 127. The molecule has 0 radical (unpaired) electrons. The van der Waals surface area contributed by atoms with Crippen molar-refractivity contribution < 1.29 is 14.3 Å². The zero-order valence-electron chi connectivity index (χ0n) is 17.0. The molecule has 0 saturated carbocycles. The molecule has 0 aliphatic carbocycles. The van der Waals surface area contributed by atoms with E-state index in [2.05, 4.69) is 39.5 Å². The minimum absolute atomic E-state index is 0.0754. The van der Waals surface area contributed by atoms with E-state index in [0.717, 1.165) is 31.6 Å². The fourth-order valence-corrected chi connectivity index (χ4v) is 3.50.